The molecule has 5 nitrogen and oxygen atoms in total. The highest BCUT2D eigenvalue weighted by Crippen LogP contribution is 2.24. The van der Waals surface area contributed by atoms with E-state index in [-0.39, 0.29) is 11.7 Å². The molecule has 0 saturated heterocycles. The van der Waals surface area contributed by atoms with Crippen molar-refractivity contribution in [1.82, 2.24) is 14.8 Å². The summed E-state index contributed by atoms with van der Waals surface area (Å²) in [6.07, 6.45) is 0. The first kappa shape index (κ1) is 19.8. The zero-order valence-electron chi connectivity index (χ0n) is 17.5. The van der Waals surface area contributed by atoms with Gasteiger partial charge in [0.2, 0.25) is 0 Å². The molecular weight excluding hydrogens is 379 g/mol. The highest BCUT2D eigenvalue weighted by molar-refractivity contribution is 6.12. The molecule has 0 saturated carbocycles. The predicted molar refractivity (Wildman–Crippen MR) is 116 cm³/mol. The van der Waals surface area contributed by atoms with Crippen molar-refractivity contribution in [2.75, 3.05) is 5.32 Å². The van der Waals surface area contributed by atoms with Crippen molar-refractivity contribution in [1.29, 1.82) is 0 Å². The van der Waals surface area contributed by atoms with E-state index in [0.29, 0.717) is 17.8 Å². The van der Waals surface area contributed by atoms with E-state index in [2.05, 4.69) is 15.4 Å². The van der Waals surface area contributed by atoms with Gasteiger partial charge in [-0.2, -0.15) is 5.10 Å². The predicted octanol–water partition coefficient (Wildman–Crippen LogP) is 5.10. The van der Waals surface area contributed by atoms with Gasteiger partial charge in [0, 0.05) is 11.1 Å². The molecule has 4 aromatic rings. The number of benzene rings is 2. The molecular formula is C24H23FN4O. The Balaban J connectivity index is 1.66. The van der Waals surface area contributed by atoms with Gasteiger partial charge in [0.25, 0.3) is 5.91 Å². The van der Waals surface area contributed by atoms with Gasteiger partial charge in [-0.1, -0.05) is 23.8 Å². The molecule has 2 aromatic heterocycles. The van der Waals surface area contributed by atoms with Gasteiger partial charge in [-0.3, -0.25) is 14.5 Å². The van der Waals surface area contributed by atoms with Crippen molar-refractivity contribution >= 4 is 22.5 Å². The average molecular weight is 402 g/mol. The van der Waals surface area contributed by atoms with E-state index in [1.54, 1.807) is 12.1 Å². The topological polar surface area (TPSA) is 59.8 Å². The largest absolute Gasteiger partial charge is 0.319 e. The molecule has 30 heavy (non-hydrogen) atoms. The van der Waals surface area contributed by atoms with Crippen molar-refractivity contribution in [3.8, 4) is 0 Å². The quantitative estimate of drug-likeness (QED) is 0.516. The number of amides is 1. The molecule has 0 unspecified atom stereocenters. The highest BCUT2D eigenvalue weighted by Gasteiger charge is 2.18. The number of fused-ring (bicyclic) bond motifs is 1. The lowest BCUT2D eigenvalue weighted by Crippen LogP contribution is -2.14. The number of hydrogen-bond acceptors (Lipinski definition) is 3. The Morgan fingerprint density at radius 3 is 2.50 bits per heavy atom. The zero-order valence-corrected chi connectivity index (χ0v) is 17.5. The first-order valence-electron chi connectivity index (χ1n) is 9.79. The van der Waals surface area contributed by atoms with Gasteiger partial charge >= 0.3 is 0 Å². The number of aromatic nitrogens is 3. The van der Waals surface area contributed by atoms with Crippen LogP contribution in [0.4, 0.5) is 10.1 Å². The minimum Gasteiger partial charge on any atom is -0.319 e. The normalized spacial score (nSPS) is 11.1. The van der Waals surface area contributed by atoms with Crippen molar-refractivity contribution in [2.45, 2.75) is 34.2 Å². The summed E-state index contributed by atoms with van der Waals surface area (Å²) in [5, 5.41) is 8.43. The van der Waals surface area contributed by atoms with Crippen LogP contribution in [0.3, 0.4) is 0 Å². The maximum Gasteiger partial charge on any atom is 0.256 e. The van der Waals surface area contributed by atoms with Crippen LogP contribution < -0.4 is 5.32 Å². The number of carbonyl (C=O) groups is 1. The fraction of sp³-hybridized carbons (Fsp3) is 0.208. The maximum absolute atomic E-state index is 13.2. The number of halogens is 1. The minimum atomic E-state index is -0.268. The summed E-state index contributed by atoms with van der Waals surface area (Å²) < 4.78 is 15.0. The summed E-state index contributed by atoms with van der Waals surface area (Å²) in [7, 11) is 0. The fourth-order valence-electron chi connectivity index (χ4n) is 3.64. The maximum atomic E-state index is 13.2. The van der Waals surface area contributed by atoms with Crippen LogP contribution in [0.1, 0.15) is 38.6 Å². The molecule has 2 aromatic carbocycles. The second kappa shape index (κ2) is 7.71. The standard InChI is InChI=1S/C24H23FN4O/c1-14-5-10-22-20(11-14)21(12-15(2)26-22)24(30)27-23-16(3)28-29(17(23)4)13-18-6-8-19(25)9-7-18/h5-12H,13H2,1-4H3,(H,27,30). The Hall–Kier alpha value is -3.54. The van der Waals surface area contributed by atoms with Crippen molar-refractivity contribution < 1.29 is 9.18 Å². The molecule has 4 rings (SSSR count). The monoisotopic (exact) mass is 402 g/mol. The Labute approximate surface area is 174 Å². The van der Waals surface area contributed by atoms with Crippen LogP contribution in [0, 0.1) is 33.5 Å². The lowest BCUT2D eigenvalue weighted by Gasteiger charge is -2.11. The third kappa shape index (κ3) is 3.81. The number of aryl methyl sites for hydroxylation is 3. The Morgan fingerprint density at radius 1 is 1.03 bits per heavy atom. The van der Waals surface area contributed by atoms with E-state index < -0.39 is 0 Å². The highest BCUT2D eigenvalue weighted by atomic mass is 19.1. The van der Waals surface area contributed by atoms with E-state index in [0.717, 1.165) is 39.1 Å². The second-order valence-electron chi connectivity index (χ2n) is 7.62. The molecule has 0 aliphatic heterocycles. The molecule has 1 N–H and O–H groups in total. The summed E-state index contributed by atoms with van der Waals surface area (Å²) in [4.78, 5) is 17.7. The smallest absolute Gasteiger partial charge is 0.256 e. The molecule has 0 aliphatic carbocycles. The van der Waals surface area contributed by atoms with Crippen molar-refractivity contribution in [2.24, 2.45) is 0 Å². The average Bonchev–Trinajstić information content (AvgIpc) is 2.96. The Bertz CT molecular complexity index is 1260. The summed E-state index contributed by atoms with van der Waals surface area (Å²) in [6, 6.07) is 14.1. The van der Waals surface area contributed by atoms with Crippen molar-refractivity contribution in [3.63, 3.8) is 0 Å². The van der Waals surface area contributed by atoms with E-state index in [4.69, 9.17) is 0 Å². The number of nitrogens with zero attached hydrogens (tertiary/aromatic N) is 3. The van der Waals surface area contributed by atoms with E-state index in [9.17, 15) is 9.18 Å². The van der Waals surface area contributed by atoms with Gasteiger partial charge < -0.3 is 5.32 Å². The lowest BCUT2D eigenvalue weighted by atomic mass is 10.0. The molecule has 6 heteroatoms. The Kier molecular flexibility index (Phi) is 5.08. The molecule has 0 spiro atoms. The van der Waals surface area contributed by atoms with Gasteiger partial charge in [0.15, 0.2) is 0 Å². The SMILES string of the molecule is Cc1ccc2nc(C)cc(C(=O)Nc3c(C)nn(Cc4ccc(F)cc4)c3C)c2c1. The van der Waals surface area contributed by atoms with Crippen LogP contribution in [0.15, 0.2) is 48.5 Å². The van der Waals surface area contributed by atoms with Gasteiger partial charge in [0.05, 0.1) is 34.7 Å². The van der Waals surface area contributed by atoms with Gasteiger partial charge in [-0.05, 0) is 63.6 Å². The van der Waals surface area contributed by atoms with Gasteiger partial charge in [0.1, 0.15) is 5.82 Å². The summed E-state index contributed by atoms with van der Waals surface area (Å²) >= 11 is 0. The zero-order chi connectivity index (χ0) is 21.4. The summed E-state index contributed by atoms with van der Waals surface area (Å²) in [5.74, 6) is -0.459. The van der Waals surface area contributed by atoms with Crippen molar-refractivity contribution in [3.05, 3.63) is 88.1 Å². The van der Waals surface area contributed by atoms with Crippen LogP contribution in [-0.4, -0.2) is 20.7 Å². The minimum absolute atomic E-state index is 0.191. The molecule has 0 atom stereocenters. The van der Waals surface area contributed by atoms with Crippen LogP contribution in [-0.2, 0) is 6.54 Å². The number of carbonyl (C=O) groups excluding carboxylic acids is 1. The number of pyridine rings is 1. The van der Waals surface area contributed by atoms with Crippen LogP contribution in [0.25, 0.3) is 10.9 Å². The number of nitrogens with one attached hydrogen (secondary N) is 1. The first-order valence-corrected chi connectivity index (χ1v) is 9.79. The van der Waals surface area contributed by atoms with E-state index >= 15 is 0 Å². The number of anilines is 1. The van der Waals surface area contributed by atoms with Crippen LogP contribution >= 0.6 is 0 Å². The molecule has 152 valence electrons. The fourth-order valence-corrected chi connectivity index (χ4v) is 3.64. The van der Waals surface area contributed by atoms with Crippen LogP contribution in [0.5, 0.6) is 0 Å². The summed E-state index contributed by atoms with van der Waals surface area (Å²) in [6.45, 7) is 8.16. The molecule has 0 fully saturated rings. The summed E-state index contributed by atoms with van der Waals surface area (Å²) in [5.41, 5.74) is 6.45. The van der Waals surface area contributed by atoms with E-state index in [1.807, 2.05) is 56.6 Å². The lowest BCUT2D eigenvalue weighted by molar-refractivity contribution is 0.102. The third-order valence-corrected chi connectivity index (χ3v) is 5.20. The van der Waals surface area contributed by atoms with E-state index in [1.165, 1.54) is 12.1 Å². The molecule has 1 amide bonds. The second-order valence-corrected chi connectivity index (χ2v) is 7.62. The van der Waals surface area contributed by atoms with Gasteiger partial charge in [-0.15, -0.1) is 0 Å². The molecule has 0 bridgehead atoms. The molecule has 0 radical (unpaired) electrons. The molecule has 0 aliphatic rings. The Morgan fingerprint density at radius 2 is 1.77 bits per heavy atom. The van der Waals surface area contributed by atoms with Gasteiger partial charge in [-0.25, -0.2) is 4.39 Å². The first-order chi connectivity index (χ1) is 14.3. The number of hydrogen-bond donors (Lipinski definition) is 1. The van der Waals surface area contributed by atoms with Crippen LogP contribution in [0.2, 0.25) is 0 Å². The molecule has 2 heterocycles. The third-order valence-electron chi connectivity index (χ3n) is 5.20. The number of rotatable bonds is 4.